The Morgan fingerprint density at radius 1 is 0.723 bits per heavy atom. The minimum atomic E-state index is -0.172. The lowest BCUT2D eigenvalue weighted by Gasteiger charge is -2.35. The van der Waals surface area contributed by atoms with Crippen molar-refractivity contribution in [1.29, 1.82) is 0 Å². The van der Waals surface area contributed by atoms with Crippen LogP contribution in [0.1, 0.15) is 35.1 Å². The maximum absolute atomic E-state index is 12.9. The molecule has 1 N–H and O–H groups in total. The molecule has 9 nitrogen and oxygen atoms in total. The van der Waals surface area contributed by atoms with Crippen LogP contribution in [0.2, 0.25) is 0 Å². The van der Waals surface area contributed by atoms with Crippen LogP contribution < -0.4 is 5.32 Å². The van der Waals surface area contributed by atoms with Gasteiger partial charge in [0.1, 0.15) is 8.64 Å². The van der Waals surface area contributed by atoms with Crippen LogP contribution in [-0.4, -0.2) is 104 Å². The van der Waals surface area contributed by atoms with Gasteiger partial charge in [-0.25, -0.2) is 0 Å². The summed E-state index contributed by atoms with van der Waals surface area (Å²) in [5.41, 5.74) is 4.17. The Morgan fingerprint density at radius 3 is 1.68 bits per heavy atom. The molecule has 3 aliphatic heterocycles. The van der Waals surface area contributed by atoms with Gasteiger partial charge < -0.3 is 10.2 Å². The monoisotopic (exact) mass is 707 g/mol. The molecule has 2 aromatic carbocycles. The van der Waals surface area contributed by atoms with E-state index in [9.17, 15) is 19.2 Å². The van der Waals surface area contributed by atoms with Gasteiger partial charge in [0.05, 0.1) is 9.81 Å². The number of benzene rings is 2. The molecule has 3 aliphatic rings. The number of nitrogens with zero attached hydrogens (tertiary/aromatic N) is 4. The van der Waals surface area contributed by atoms with E-state index in [0.717, 1.165) is 22.3 Å². The third kappa shape index (κ3) is 9.38. The summed E-state index contributed by atoms with van der Waals surface area (Å²) in [6.07, 6.45) is 4.05. The van der Waals surface area contributed by atoms with Crippen molar-refractivity contribution >= 4 is 92.4 Å². The Kier molecular flexibility index (Phi) is 12.0. The van der Waals surface area contributed by atoms with Gasteiger partial charge in [0.15, 0.2) is 0 Å². The summed E-state index contributed by atoms with van der Waals surface area (Å²) < 4.78 is 0.934. The molecule has 0 bridgehead atoms. The van der Waals surface area contributed by atoms with Gasteiger partial charge in [-0.1, -0.05) is 108 Å². The first kappa shape index (κ1) is 35.0. The van der Waals surface area contributed by atoms with Crippen molar-refractivity contribution in [3.05, 3.63) is 80.6 Å². The highest BCUT2D eigenvalue weighted by Crippen LogP contribution is 2.33. The zero-order chi connectivity index (χ0) is 33.5. The summed E-state index contributed by atoms with van der Waals surface area (Å²) in [7, 11) is 0. The normalized spacial score (nSPS) is 19.1. The lowest BCUT2D eigenvalue weighted by Crippen LogP contribution is -2.50. The first-order valence-electron chi connectivity index (χ1n) is 15.5. The Balaban J connectivity index is 0.975. The smallest absolute Gasteiger partial charge is 0.266 e. The number of amides is 4. The van der Waals surface area contributed by atoms with E-state index in [4.69, 9.17) is 24.4 Å². The predicted molar refractivity (Wildman–Crippen MR) is 197 cm³/mol. The molecule has 0 unspecified atom stereocenters. The second kappa shape index (κ2) is 16.2. The van der Waals surface area contributed by atoms with Gasteiger partial charge in [0, 0.05) is 65.2 Å². The molecule has 3 fully saturated rings. The standard InChI is InChI=1S/C34H37N5O4S4/c1-23-3-7-25(8-4-23)21-27-31(42)38(33(44)46-27)14-11-29(40)35-13-16-36-17-19-37(20-18-36)30(41)12-15-39-32(43)28(47-34(39)45)22-26-9-5-24(2)6-10-26/h3-10,21-22H,11-20H2,1-2H3,(H,35,40)/b27-21-,28-22+. The summed E-state index contributed by atoms with van der Waals surface area (Å²) in [6.45, 7) is 8.24. The molecule has 3 heterocycles. The number of nitrogens with one attached hydrogen (secondary N) is 1. The summed E-state index contributed by atoms with van der Waals surface area (Å²) in [5.74, 6) is -0.471. The molecule has 3 saturated heterocycles. The van der Waals surface area contributed by atoms with Crippen molar-refractivity contribution in [2.24, 2.45) is 0 Å². The fraction of sp³-hybridized carbons (Fsp3) is 0.353. The van der Waals surface area contributed by atoms with Crippen molar-refractivity contribution in [2.45, 2.75) is 26.7 Å². The molecule has 0 aromatic heterocycles. The Bertz CT molecular complexity index is 1610. The second-order valence-electron chi connectivity index (χ2n) is 11.6. The largest absolute Gasteiger partial charge is 0.355 e. The van der Waals surface area contributed by atoms with Crippen LogP contribution in [0.15, 0.2) is 58.3 Å². The van der Waals surface area contributed by atoms with Gasteiger partial charge >= 0.3 is 0 Å². The van der Waals surface area contributed by atoms with Gasteiger partial charge in [0.2, 0.25) is 11.8 Å². The number of aryl methyl sites for hydroxylation is 2. The minimum Gasteiger partial charge on any atom is -0.355 e. The molecule has 0 spiro atoms. The number of rotatable bonds is 11. The number of hydrogen-bond acceptors (Lipinski definition) is 9. The van der Waals surface area contributed by atoms with Crippen molar-refractivity contribution in [1.82, 2.24) is 24.9 Å². The van der Waals surface area contributed by atoms with Crippen molar-refractivity contribution in [2.75, 3.05) is 52.4 Å². The van der Waals surface area contributed by atoms with Crippen LogP contribution in [0.5, 0.6) is 0 Å². The molecule has 2 aromatic rings. The number of piperazine rings is 1. The fourth-order valence-corrected chi connectivity index (χ4v) is 7.87. The second-order valence-corrected chi connectivity index (χ2v) is 14.9. The highest BCUT2D eigenvalue weighted by molar-refractivity contribution is 8.27. The van der Waals surface area contributed by atoms with Gasteiger partial charge in [-0.3, -0.25) is 33.9 Å². The lowest BCUT2D eigenvalue weighted by molar-refractivity contribution is -0.133. The van der Waals surface area contributed by atoms with Crippen LogP contribution in [0.4, 0.5) is 0 Å². The van der Waals surface area contributed by atoms with Crippen LogP contribution in [0.25, 0.3) is 12.2 Å². The van der Waals surface area contributed by atoms with E-state index in [2.05, 4.69) is 10.2 Å². The molecule has 0 saturated carbocycles. The van der Waals surface area contributed by atoms with Crippen LogP contribution in [-0.2, 0) is 19.2 Å². The highest BCUT2D eigenvalue weighted by Gasteiger charge is 2.33. The van der Waals surface area contributed by atoms with Crippen molar-refractivity contribution in [3.8, 4) is 0 Å². The third-order valence-corrected chi connectivity index (χ3v) is 10.8. The zero-order valence-electron chi connectivity index (χ0n) is 26.4. The summed E-state index contributed by atoms with van der Waals surface area (Å²) in [6, 6.07) is 15.8. The van der Waals surface area contributed by atoms with E-state index >= 15 is 0 Å². The number of thioether (sulfide) groups is 2. The van der Waals surface area contributed by atoms with E-state index in [0.29, 0.717) is 57.7 Å². The zero-order valence-corrected chi connectivity index (χ0v) is 29.7. The van der Waals surface area contributed by atoms with E-state index in [1.165, 1.54) is 33.3 Å². The molecule has 246 valence electrons. The number of hydrogen-bond donors (Lipinski definition) is 1. The van der Waals surface area contributed by atoms with E-state index in [1.54, 1.807) is 0 Å². The Hall–Kier alpha value is -3.36. The SMILES string of the molecule is Cc1ccc(/C=C2\SC(=S)N(CCC(=O)NCCN3CCN(C(=O)CCN4C(=O)/C(=C\c5ccc(C)cc5)SC4=S)CC3)C2=O)cc1. The Labute approximate surface area is 294 Å². The van der Waals surface area contributed by atoms with E-state index in [-0.39, 0.29) is 49.6 Å². The topological polar surface area (TPSA) is 93.3 Å². The quantitative estimate of drug-likeness (QED) is 0.269. The third-order valence-electron chi connectivity index (χ3n) is 8.08. The number of thiocarbonyl (C=S) groups is 2. The van der Waals surface area contributed by atoms with E-state index in [1.807, 2.05) is 79.4 Å². The minimum absolute atomic E-state index is 0.000998. The van der Waals surface area contributed by atoms with Gasteiger partial charge in [0.25, 0.3) is 11.8 Å². The van der Waals surface area contributed by atoms with Crippen molar-refractivity contribution in [3.63, 3.8) is 0 Å². The summed E-state index contributed by atoms with van der Waals surface area (Å²) >= 11 is 13.4. The van der Waals surface area contributed by atoms with Crippen LogP contribution in [0, 0.1) is 13.8 Å². The van der Waals surface area contributed by atoms with Gasteiger partial charge in [-0.05, 0) is 37.1 Å². The summed E-state index contributed by atoms with van der Waals surface area (Å²) in [5, 5.41) is 2.93. The fourth-order valence-electron chi connectivity index (χ4n) is 5.26. The van der Waals surface area contributed by atoms with Crippen molar-refractivity contribution < 1.29 is 19.2 Å². The maximum atomic E-state index is 12.9. The Morgan fingerprint density at radius 2 is 1.19 bits per heavy atom. The summed E-state index contributed by atoms with van der Waals surface area (Å²) in [4.78, 5) is 59.5. The molecule has 0 aliphatic carbocycles. The molecular formula is C34H37N5O4S4. The maximum Gasteiger partial charge on any atom is 0.266 e. The van der Waals surface area contributed by atoms with E-state index < -0.39 is 0 Å². The highest BCUT2D eigenvalue weighted by atomic mass is 32.2. The molecule has 0 atom stereocenters. The lowest BCUT2D eigenvalue weighted by atomic mass is 10.1. The number of carbonyl (C=O) groups is 4. The van der Waals surface area contributed by atoms with Crippen LogP contribution >= 0.6 is 48.0 Å². The van der Waals surface area contributed by atoms with Crippen LogP contribution in [0.3, 0.4) is 0 Å². The van der Waals surface area contributed by atoms with Gasteiger partial charge in [-0.15, -0.1) is 0 Å². The molecular weight excluding hydrogens is 671 g/mol. The first-order chi connectivity index (χ1) is 22.6. The first-order valence-corrected chi connectivity index (χ1v) is 17.9. The molecule has 5 rings (SSSR count). The van der Waals surface area contributed by atoms with Gasteiger partial charge in [-0.2, -0.15) is 0 Å². The predicted octanol–water partition coefficient (Wildman–Crippen LogP) is 4.45. The average Bonchev–Trinajstić information content (AvgIpc) is 3.48. The molecule has 47 heavy (non-hydrogen) atoms. The molecule has 0 radical (unpaired) electrons. The average molecular weight is 708 g/mol. The molecule has 13 heteroatoms. The number of carbonyl (C=O) groups excluding carboxylic acids is 4. The molecule has 4 amide bonds.